The molecule has 5 heteroatoms. The quantitative estimate of drug-likeness (QED) is 0.489. The topological polar surface area (TPSA) is 39.4 Å². The highest BCUT2D eigenvalue weighted by Crippen LogP contribution is 2.34. The van der Waals surface area contributed by atoms with Crippen molar-refractivity contribution in [3.8, 4) is 11.5 Å². The van der Waals surface area contributed by atoms with Gasteiger partial charge in [0.2, 0.25) is 5.78 Å². The first-order chi connectivity index (χ1) is 13.1. The Hall–Kier alpha value is -3.11. The van der Waals surface area contributed by atoms with E-state index in [4.69, 9.17) is 9.47 Å². The first kappa shape index (κ1) is 19.6. The molecule has 4 rings (SSSR count). The molecule has 1 aliphatic heterocycles. The van der Waals surface area contributed by atoms with Gasteiger partial charge in [-0.2, -0.15) is 0 Å². The van der Waals surface area contributed by atoms with E-state index < -0.39 is 0 Å². The maximum atomic E-state index is 12.5. The molecule has 4 nitrogen and oxygen atoms in total. The number of aromatic nitrogens is 1. The summed E-state index contributed by atoms with van der Waals surface area (Å²) in [7, 11) is 1.59. The van der Waals surface area contributed by atoms with Gasteiger partial charge in [0.05, 0.1) is 12.7 Å². The number of rotatable bonds is 4. The normalized spacial score (nSPS) is 13.6. The van der Waals surface area contributed by atoms with E-state index in [0.29, 0.717) is 22.8 Å². The lowest BCUT2D eigenvalue weighted by atomic mass is 10.1. The number of fused-ring (bicyclic) bond motifs is 1. The van der Waals surface area contributed by atoms with Crippen LogP contribution < -0.4 is 26.4 Å². The third-order valence-electron chi connectivity index (χ3n) is 4.54. The van der Waals surface area contributed by atoms with Crippen molar-refractivity contribution in [2.24, 2.45) is 0 Å². The van der Waals surface area contributed by atoms with Crippen molar-refractivity contribution in [2.75, 3.05) is 7.11 Å². The molecule has 0 N–H and O–H groups in total. The van der Waals surface area contributed by atoms with Crippen LogP contribution >= 0.6 is 0 Å². The molecule has 2 aromatic carbocycles. The van der Waals surface area contributed by atoms with Crippen LogP contribution in [0.5, 0.6) is 11.5 Å². The predicted molar refractivity (Wildman–Crippen MR) is 103 cm³/mol. The average molecular weight is 394 g/mol. The molecular formula is C23H20ClNO3. The van der Waals surface area contributed by atoms with Crippen LogP contribution in [0.15, 0.2) is 72.8 Å². The third-order valence-corrected chi connectivity index (χ3v) is 4.54. The second-order valence-corrected chi connectivity index (χ2v) is 6.59. The van der Waals surface area contributed by atoms with Gasteiger partial charge in [-0.15, -0.1) is 0 Å². The number of ether oxygens (including phenoxy) is 2. The fourth-order valence-corrected chi connectivity index (χ4v) is 3.14. The van der Waals surface area contributed by atoms with Crippen molar-refractivity contribution in [3.63, 3.8) is 0 Å². The summed E-state index contributed by atoms with van der Waals surface area (Å²) in [4.78, 5) is 12.5. The van der Waals surface area contributed by atoms with E-state index in [1.54, 1.807) is 31.4 Å². The molecule has 0 radical (unpaired) electrons. The summed E-state index contributed by atoms with van der Waals surface area (Å²) in [5.41, 5.74) is 3.98. The summed E-state index contributed by atoms with van der Waals surface area (Å²) in [6, 6.07) is 17.6. The summed E-state index contributed by atoms with van der Waals surface area (Å²) in [5.74, 6) is 1.43. The molecule has 0 fully saturated rings. The van der Waals surface area contributed by atoms with Crippen molar-refractivity contribution in [3.05, 3.63) is 95.0 Å². The fraction of sp³-hybridized carbons (Fsp3) is 0.130. The molecule has 0 unspecified atom stereocenters. The number of carbonyl (C=O) groups excluding carboxylic acids is 1. The summed E-state index contributed by atoms with van der Waals surface area (Å²) < 4.78 is 13.0. The fourth-order valence-electron chi connectivity index (χ4n) is 3.14. The SMILES string of the molecule is COc1ccc2c(c1)O/C(=C\c1cc[n+](Cc3cccc(C)c3)cc1)C2=O.[Cl-]. The predicted octanol–water partition coefficient (Wildman–Crippen LogP) is 0.960. The first-order valence-electron chi connectivity index (χ1n) is 8.79. The number of halogens is 1. The molecule has 2 heterocycles. The average Bonchev–Trinajstić information content (AvgIpc) is 2.98. The largest absolute Gasteiger partial charge is 1.00 e. The molecule has 0 saturated carbocycles. The van der Waals surface area contributed by atoms with Crippen LogP contribution in [-0.2, 0) is 6.54 Å². The number of benzene rings is 2. The molecule has 0 bridgehead atoms. The van der Waals surface area contributed by atoms with Gasteiger partial charge in [0.15, 0.2) is 24.7 Å². The number of Topliss-reactive ketones (excluding diaryl/α,β-unsaturated/α-hetero) is 1. The summed E-state index contributed by atoms with van der Waals surface area (Å²) >= 11 is 0. The van der Waals surface area contributed by atoms with Crippen LogP contribution in [0.1, 0.15) is 27.0 Å². The van der Waals surface area contributed by atoms with Gasteiger partial charge in [0, 0.05) is 23.8 Å². The number of allylic oxidation sites excluding steroid dienone is 1. The number of ketones is 1. The lowest BCUT2D eigenvalue weighted by Gasteiger charge is -2.02. The Morgan fingerprint density at radius 2 is 1.86 bits per heavy atom. The van der Waals surface area contributed by atoms with Crippen molar-refractivity contribution in [1.82, 2.24) is 0 Å². The maximum absolute atomic E-state index is 12.5. The molecule has 0 atom stereocenters. The zero-order valence-electron chi connectivity index (χ0n) is 15.7. The minimum atomic E-state index is -0.107. The molecule has 1 aromatic heterocycles. The van der Waals surface area contributed by atoms with Gasteiger partial charge in [-0.1, -0.05) is 23.8 Å². The van der Waals surface area contributed by atoms with E-state index >= 15 is 0 Å². The van der Waals surface area contributed by atoms with E-state index in [0.717, 1.165) is 12.1 Å². The molecule has 3 aromatic rings. The molecule has 0 spiro atoms. The van der Waals surface area contributed by atoms with Crippen LogP contribution in [0, 0.1) is 6.92 Å². The number of nitrogens with zero attached hydrogens (tertiary/aromatic N) is 1. The van der Waals surface area contributed by atoms with Gasteiger partial charge < -0.3 is 21.9 Å². The minimum absolute atomic E-state index is 0. The van der Waals surface area contributed by atoms with Crippen molar-refractivity contribution in [2.45, 2.75) is 13.5 Å². The Labute approximate surface area is 170 Å². The number of carbonyl (C=O) groups is 1. The second-order valence-electron chi connectivity index (χ2n) is 6.59. The van der Waals surface area contributed by atoms with Crippen molar-refractivity contribution >= 4 is 11.9 Å². The van der Waals surface area contributed by atoms with Crippen LogP contribution in [0.2, 0.25) is 0 Å². The zero-order valence-corrected chi connectivity index (χ0v) is 16.4. The third kappa shape index (κ3) is 4.07. The van der Waals surface area contributed by atoms with Crippen molar-refractivity contribution < 1.29 is 31.2 Å². The second kappa shape index (κ2) is 8.28. The van der Waals surface area contributed by atoms with Gasteiger partial charge in [-0.25, -0.2) is 4.57 Å². The van der Waals surface area contributed by atoms with Gasteiger partial charge in [-0.3, -0.25) is 4.79 Å². The smallest absolute Gasteiger partial charge is 0.231 e. The lowest BCUT2D eigenvalue weighted by Crippen LogP contribution is -3.00. The molecule has 0 aliphatic carbocycles. The summed E-state index contributed by atoms with van der Waals surface area (Å²) in [6.07, 6.45) is 5.78. The standard InChI is InChI=1S/C23H20NO3.ClH/c1-16-4-3-5-18(12-16)15-24-10-8-17(9-11-24)13-22-23(25)20-7-6-19(26-2)14-21(20)27-22;/h3-14H,15H2,1-2H3;1H/q+1;/p-1/b22-13-;. The highest BCUT2D eigenvalue weighted by molar-refractivity contribution is 6.14. The highest BCUT2D eigenvalue weighted by Gasteiger charge is 2.27. The van der Waals surface area contributed by atoms with Crippen LogP contribution in [-0.4, -0.2) is 12.9 Å². The Bertz CT molecular complexity index is 1040. The van der Waals surface area contributed by atoms with Crippen molar-refractivity contribution in [1.29, 1.82) is 0 Å². The number of hydrogen-bond donors (Lipinski definition) is 0. The molecule has 1 aliphatic rings. The van der Waals surface area contributed by atoms with E-state index in [9.17, 15) is 4.79 Å². The molecule has 0 amide bonds. The molecular weight excluding hydrogens is 374 g/mol. The van der Waals surface area contributed by atoms with E-state index in [1.165, 1.54) is 11.1 Å². The van der Waals surface area contributed by atoms with Crippen LogP contribution in [0.4, 0.5) is 0 Å². The van der Waals surface area contributed by atoms with Gasteiger partial charge in [0.1, 0.15) is 11.5 Å². The first-order valence-corrected chi connectivity index (χ1v) is 8.79. The lowest BCUT2D eigenvalue weighted by molar-refractivity contribution is -0.688. The van der Waals surface area contributed by atoms with Gasteiger partial charge >= 0.3 is 0 Å². The zero-order chi connectivity index (χ0) is 18.8. The number of aryl methyl sites for hydroxylation is 1. The number of pyridine rings is 1. The van der Waals surface area contributed by atoms with Gasteiger partial charge in [0.25, 0.3) is 0 Å². The minimum Gasteiger partial charge on any atom is -1.00 e. The van der Waals surface area contributed by atoms with Gasteiger partial charge in [-0.05, 0) is 36.8 Å². The van der Waals surface area contributed by atoms with Crippen LogP contribution in [0.3, 0.4) is 0 Å². The summed E-state index contributed by atoms with van der Waals surface area (Å²) in [6.45, 7) is 2.90. The van der Waals surface area contributed by atoms with E-state index in [-0.39, 0.29) is 18.2 Å². The monoisotopic (exact) mass is 393 g/mol. The number of methoxy groups -OCH3 is 1. The Morgan fingerprint density at radius 3 is 2.57 bits per heavy atom. The van der Waals surface area contributed by atoms with Crippen LogP contribution in [0.25, 0.3) is 6.08 Å². The maximum Gasteiger partial charge on any atom is 0.231 e. The summed E-state index contributed by atoms with van der Waals surface area (Å²) in [5, 5.41) is 0. The molecule has 0 saturated heterocycles. The van der Waals surface area contributed by atoms with E-state index in [2.05, 4.69) is 35.8 Å². The highest BCUT2D eigenvalue weighted by atomic mass is 35.5. The molecule has 28 heavy (non-hydrogen) atoms. The molecule has 142 valence electrons. The Kier molecular flexibility index (Phi) is 5.81. The van der Waals surface area contributed by atoms with E-state index in [1.807, 2.05) is 24.5 Å². The Balaban J connectivity index is 0.00000225. The Morgan fingerprint density at radius 1 is 1.07 bits per heavy atom. The number of hydrogen-bond acceptors (Lipinski definition) is 3.